The fourth-order valence-corrected chi connectivity index (χ4v) is 4.19. The van der Waals surface area contributed by atoms with Gasteiger partial charge in [0.25, 0.3) is 0 Å². The zero-order chi connectivity index (χ0) is 24.1. The number of carbonyl (C=O) groups excluding carboxylic acids is 2. The molecule has 0 saturated carbocycles. The van der Waals surface area contributed by atoms with Gasteiger partial charge in [0, 0.05) is 24.4 Å². The summed E-state index contributed by atoms with van der Waals surface area (Å²) in [5, 5.41) is 20.6. The fourth-order valence-electron chi connectivity index (χ4n) is 4.19. The average molecular weight is 467 g/mol. The molecule has 4 N–H and O–H groups in total. The summed E-state index contributed by atoms with van der Waals surface area (Å²) >= 11 is 0. The van der Waals surface area contributed by atoms with Gasteiger partial charge in [-0.05, 0) is 12.8 Å². The van der Waals surface area contributed by atoms with Crippen LogP contribution in [0.4, 0.5) is 0 Å². The van der Waals surface area contributed by atoms with E-state index in [2.05, 4.69) is 6.92 Å². The summed E-state index contributed by atoms with van der Waals surface area (Å²) in [7, 11) is 0. The van der Waals surface area contributed by atoms with Crippen molar-refractivity contribution in [1.29, 1.82) is 0 Å². The molecule has 2 rings (SSSR count). The van der Waals surface area contributed by atoms with Gasteiger partial charge in [-0.2, -0.15) is 0 Å². The number of ether oxygens (including phenoxy) is 2. The quantitative estimate of drug-likeness (QED) is 0.236. The third-order valence-corrected chi connectivity index (χ3v) is 6.26. The largest absolute Gasteiger partial charge is 0.463 e. The van der Waals surface area contributed by atoms with Gasteiger partial charge in [0.1, 0.15) is 24.9 Å². The molecule has 1 amide bonds. The van der Waals surface area contributed by atoms with Crippen molar-refractivity contribution >= 4 is 11.9 Å². The molecule has 1 saturated heterocycles. The highest BCUT2D eigenvalue weighted by Crippen LogP contribution is 2.27. The van der Waals surface area contributed by atoms with E-state index in [1.807, 2.05) is 0 Å². The second-order valence-corrected chi connectivity index (χ2v) is 9.07. The van der Waals surface area contributed by atoms with Gasteiger partial charge in [0.2, 0.25) is 5.91 Å². The highest BCUT2D eigenvalue weighted by atomic mass is 16.6. The summed E-state index contributed by atoms with van der Waals surface area (Å²) in [5.74, 6) is -0.876. The Morgan fingerprint density at radius 1 is 1.03 bits per heavy atom. The molecular weight excluding hydrogens is 424 g/mol. The minimum atomic E-state index is -1.21. The van der Waals surface area contributed by atoms with Crippen LogP contribution in [0.2, 0.25) is 0 Å². The van der Waals surface area contributed by atoms with E-state index < -0.39 is 30.4 Å². The summed E-state index contributed by atoms with van der Waals surface area (Å²) in [6.45, 7) is 2.10. The lowest BCUT2D eigenvalue weighted by molar-refractivity contribution is -0.150. The maximum atomic E-state index is 12.0. The van der Waals surface area contributed by atoms with E-state index in [1.165, 1.54) is 62.5 Å². The first-order chi connectivity index (χ1) is 15.9. The summed E-state index contributed by atoms with van der Waals surface area (Å²) in [6, 6.07) is 0. The molecule has 0 aromatic heterocycles. The highest BCUT2D eigenvalue weighted by Gasteiger charge is 2.45. The van der Waals surface area contributed by atoms with Crippen molar-refractivity contribution in [2.24, 2.45) is 5.73 Å². The van der Waals surface area contributed by atoms with E-state index in [-0.39, 0.29) is 12.6 Å². The molecule has 2 aliphatic heterocycles. The van der Waals surface area contributed by atoms with Crippen molar-refractivity contribution in [2.45, 2.75) is 115 Å². The van der Waals surface area contributed by atoms with Crippen molar-refractivity contribution < 1.29 is 29.3 Å². The molecule has 8 heteroatoms. The Labute approximate surface area is 197 Å². The van der Waals surface area contributed by atoms with Crippen LogP contribution in [0.15, 0.2) is 24.0 Å². The van der Waals surface area contributed by atoms with Gasteiger partial charge in [-0.1, -0.05) is 77.2 Å². The number of primary amides is 1. The monoisotopic (exact) mass is 466 g/mol. The lowest BCUT2D eigenvalue weighted by Crippen LogP contribution is -2.40. The SMILES string of the molecule is CCCCCCCCCCCCCC(=O)OCC1OC(N2C=CCC(C(N)=O)=C2)[C@H](O)C1O. The fraction of sp³-hybridized carbons (Fsp3) is 0.760. The van der Waals surface area contributed by atoms with Crippen LogP contribution in [0.25, 0.3) is 0 Å². The molecule has 188 valence electrons. The number of unbranched alkanes of at least 4 members (excludes halogenated alkanes) is 10. The van der Waals surface area contributed by atoms with E-state index >= 15 is 0 Å². The Morgan fingerprint density at radius 2 is 1.64 bits per heavy atom. The lowest BCUT2D eigenvalue weighted by Gasteiger charge is -2.28. The zero-order valence-electron chi connectivity index (χ0n) is 20.0. The number of nitrogens with two attached hydrogens (primary N) is 1. The summed E-state index contributed by atoms with van der Waals surface area (Å²) in [5.41, 5.74) is 5.70. The first-order valence-electron chi connectivity index (χ1n) is 12.6. The standard InChI is InChI=1S/C25H42N2O6/c1-2-3-4-5-6-7-8-9-10-11-12-15-21(28)32-18-20-22(29)23(30)25(33-20)27-16-13-14-19(17-27)24(26)31/h13,16-17,20,22-23,25,29-30H,2-12,14-15,18H2,1H3,(H2,26,31)/t20?,22?,23-,25?/m1/s1. The highest BCUT2D eigenvalue weighted by molar-refractivity contribution is 5.92. The normalized spacial score (nSPS) is 24.7. The second-order valence-electron chi connectivity index (χ2n) is 9.07. The topological polar surface area (TPSA) is 122 Å². The molecule has 0 aliphatic carbocycles. The van der Waals surface area contributed by atoms with Gasteiger partial charge in [0.15, 0.2) is 6.23 Å². The van der Waals surface area contributed by atoms with Gasteiger partial charge < -0.3 is 30.3 Å². The molecule has 0 bridgehead atoms. The van der Waals surface area contributed by atoms with Crippen LogP contribution in [-0.4, -0.2) is 58.1 Å². The van der Waals surface area contributed by atoms with Crippen LogP contribution in [0, 0.1) is 0 Å². The van der Waals surface area contributed by atoms with Crippen LogP contribution in [0.1, 0.15) is 90.4 Å². The zero-order valence-corrected chi connectivity index (χ0v) is 20.0. The average Bonchev–Trinajstić information content (AvgIpc) is 3.10. The third kappa shape index (κ3) is 9.47. The molecule has 0 aromatic rings. The maximum absolute atomic E-state index is 12.0. The molecule has 0 aromatic carbocycles. The Hall–Kier alpha value is -1.90. The molecule has 0 radical (unpaired) electrons. The van der Waals surface area contributed by atoms with E-state index in [9.17, 15) is 19.8 Å². The molecule has 3 unspecified atom stereocenters. The Kier molecular flexibility index (Phi) is 12.5. The van der Waals surface area contributed by atoms with E-state index in [0.29, 0.717) is 18.4 Å². The van der Waals surface area contributed by atoms with Crippen molar-refractivity contribution in [3.8, 4) is 0 Å². The smallest absolute Gasteiger partial charge is 0.305 e. The minimum absolute atomic E-state index is 0.129. The maximum Gasteiger partial charge on any atom is 0.305 e. The van der Waals surface area contributed by atoms with Gasteiger partial charge in [-0.3, -0.25) is 9.59 Å². The molecule has 2 aliphatic rings. The molecule has 8 nitrogen and oxygen atoms in total. The number of aliphatic hydroxyl groups excluding tert-OH is 2. The second kappa shape index (κ2) is 15.1. The molecule has 4 atom stereocenters. The Bertz CT molecular complexity index is 665. The first-order valence-corrected chi connectivity index (χ1v) is 12.6. The van der Waals surface area contributed by atoms with Gasteiger partial charge in [-0.25, -0.2) is 0 Å². The van der Waals surface area contributed by atoms with Crippen LogP contribution >= 0.6 is 0 Å². The summed E-state index contributed by atoms with van der Waals surface area (Å²) < 4.78 is 11.0. The lowest BCUT2D eigenvalue weighted by atomic mass is 10.1. The number of carbonyl (C=O) groups is 2. The van der Waals surface area contributed by atoms with Gasteiger partial charge in [-0.15, -0.1) is 0 Å². The van der Waals surface area contributed by atoms with Crippen molar-refractivity contribution in [3.63, 3.8) is 0 Å². The van der Waals surface area contributed by atoms with Crippen LogP contribution < -0.4 is 5.73 Å². The van der Waals surface area contributed by atoms with E-state index in [0.717, 1.165) is 19.3 Å². The summed E-state index contributed by atoms with van der Waals surface area (Å²) in [4.78, 5) is 25.0. The van der Waals surface area contributed by atoms with Crippen LogP contribution in [-0.2, 0) is 19.1 Å². The van der Waals surface area contributed by atoms with Crippen molar-refractivity contribution in [2.75, 3.05) is 6.61 Å². The predicted molar refractivity (Wildman–Crippen MR) is 126 cm³/mol. The van der Waals surface area contributed by atoms with Crippen LogP contribution in [0.5, 0.6) is 0 Å². The number of hydrogen-bond donors (Lipinski definition) is 3. The van der Waals surface area contributed by atoms with E-state index in [4.69, 9.17) is 15.2 Å². The molecule has 0 spiro atoms. The number of hydrogen-bond acceptors (Lipinski definition) is 7. The number of esters is 1. The van der Waals surface area contributed by atoms with Gasteiger partial charge >= 0.3 is 5.97 Å². The number of allylic oxidation sites excluding steroid dienone is 1. The number of nitrogens with zero attached hydrogens (tertiary/aromatic N) is 1. The molecule has 33 heavy (non-hydrogen) atoms. The number of aliphatic hydroxyl groups is 2. The number of amides is 1. The van der Waals surface area contributed by atoms with Crippen LogP contribution in [0.3, 0.4) is 0 Å². The first kappa shape index (κ1) is 27.3. The molecular formula is C25H42N2O6. The van der Waals surface area contributed by atoms with Crippen molar-refractivity contribution in [3.05, 3.63) is 24.0 Å². The Balaban J connectivity index is 1.58. The van der Waals surface area contributed by atoms with Gasteiger partial charge in [0.05, 0.1) is 0 Å². The van der Waals surface area contributed by atoms with E-state index in [1.54, 1.807) is 12.3 Å². The minimum Gasteiger partial charge on any atom is -0.463 e. The molecule has 2 heterocycles. The van der Waals surface area contributed by atoms with Crippen molar-refractivity contribution in [1.82, 2.24) is 4.90 Å². The third-order valence-electron chi connectivity index (χ3n) is 6.26. The predicted octanol–water partition coefficient (Wildman–Crippen LogP) is 3.27. The Morgan fingerprint density at radius 3 is 2.24 bits per heavy atom. The summed E-state index contributed by atoms with van der Waals surface area (Å²) in [6.07, 6.45) is 14.8. The molecule has 1 fully saturated rings. The number of rotatable bonds is 16.